The predicted molar refractivity (Wildman–Crippen MR) is 108 cm³/mol. The van der Waals surface area contributed by atoms with E-state index in [0.29, 0.717) is 5.56 Å². The van der Waals surface area contributed by atoms with E-state index in [2.05, 4.69) is 37.4 Å². The number of hydrogen-bond acceptors (Lipinski definition) is 3. The number of rotatable bonds is 5. The first-order valence-electron chi connectivity index (χ1n) is 7.77. The predicted octanol–water partition coefficient (Wildman–Crippen LogP) is 2.71. The number of nitrogens with one attached hydrogen (secondary N) is 4. The number of amides is 3. The summed E-state index contributed by atoms with van der Waals surface area (Å²) < 4.78 is 14.4. The van der Waals surface area contributed by atoms with Crippen molar-refractivity contribution >= 4 is 50.9 Å². The largest absolute Gasteiger partial charge is 0.352 e. The summed E-state index contributed by atoms with van der Waals surface area (Å²) in [6, 6.07) is 11.7. The molecular weight excluding hydrogens is 437 g/mol. The second-order valence-corrected chi connectivity index (χ2v) is 6.75. The van der Waals surface area contributed by atoms with Crippen LogP contribution in [0.5, 0.6) is 0 Å². The Kier molecular flexibility index (Phi) is 7.50. The van der Waals surface area contributed by atoms with Crippen LogP contribution in [0, 0.1) is 5.82 Å². The number of primary amides is 1. The van der Waals surface area contributed by atoms with Gasteiger partial charge in [-0.15, -0.1) is 0 Å². The van der Waals surface area contributed by atoms with Crippen molar-refractivity contribution in [1.29, 1.82) is 0 Å². The van der Waals surface area contributed by atoms with Crippen LogP contribution in [0.3, 0.4) is 0 Å². The molecule has 2 rings (SSSR count). The molecule has 2 aromatic rings. The highest BCUT2D eigenvalue weighted by molar-refractivity contribution is 9.10. The number of urea groups is 1. The molecule has 0 radical (unpaired) electrons. The van der Waals surface area contributed by atoms with E-state index < -0.39 is 23.8 Å². The van der Waals surface area contributed by atoms with Gasteiger partial charge >= 0.3 is 6.03 Å². The molecule has 0 saturated heterocycles. The van der Waals surface area contributed by atoms with Gasteiger partial charge in [0, 0.05) is 4.47 Å². The molecule has 6 N–H and O–H groups in total. The molecule has 0 aliphatic heterocycles. The van der Waals surface area contributed by atoms with E-state index >= 15 is 0 Å². The molecule has 0 spiro atoms. The lowest BCUT2D eigenvalue weighted by molar-refractivity contribution is -0.122. The van der Waals surface area contributed by atoms with Gasteiger partial charge in [-0.25, -0.2) is 9.18 Å². The number of carbonyl (C=O) groups is 2. The van der Waals surface area contributed by atoms with E-state index in [1.165, 1.54) is 12.1 Å². The minimum absolute atomic E-state index is 0.00955. The number of benzene rings is 2. The number of carbonyl (C=O) groups excluding carboxylic acids is 2. The van der Waals surface area contributed by atoms with Crippen molar-refractivity contribution in [2.24, 2.45) is 5.73 Å². The van der Waals surface area contributed by atoms with E-state index in [0.717, 1.165) is 4.47 Å². The maximum absolute atomic E-state index is 13.6. The SMILES string of the molecule is NC(=O)NC(CC(=O)NNC(=S)Nc1ccccc1F)c1cccc(Br)c1. The number of para-hydroxylation sites is 1. The number of hydrazine groups is 1. The molecule has 142 valence electrons. The zero-order chi connectivity index (χ0) is 19.8. The molecule has 27 heavy (non-hydrogen) atoms. The zero-order valence-corrected chi connectivity index (χ0v) is 16.4. The fourth-order valence-corrected chi connectivity index (χ4v) is 2.80. The van der Waals surface area contributed by atoms with Crippen molar-refractivity contribution in [3.05, 3.63) is 64.4 Å². The summed E-state index contributed by atoms with van der Waals surface area (Å²) in [5, 5.41) is 5.16. The molecule has 0 fully saturated rings. The molecule has 0 bridgehead atoms. The molecule has 0 aromatic heterocycles. The minimum atomic E-state index is -0.752. The average molecular weight is 454 g/mol. The Bertz CT molecular complexity index is 852. The summed E-state index contributed by atoms with van der Waals surface area (Å²) >= 11 is 8.35. The van der Waals surface area contributed by atoms with Crippen molar-refractivity contribution in [1.82, 2.24) is 16.2 Å². The van der Waals surface area contributed by atoms with Crippen molar-refractivity contribution < 1.29 is 14.0 Å². The molecule has 1 atom stereocenters. The molecule has 0 heterocycles. The van der Waals surface area contributed by atoms with Gasteiger partial charge < -0.3 is 16.4 Å². The highest BCUT2D eigenvalue weighted by Gasteiger charge is 2.18. The van der Waals surface area contributed by atoms with Gasteiger partial charge in [-0.05, 0) is 42.0 Å². The van der Waals surface area contributed by atoms with E-state index in [1.54, 1.807) is 30.3 Å². The first-order chi connectivity index (χ1) is 12.8. The number of halogens is 2. The van der Waals surface area contributed by atoms with Gasteiger partial charge in [0.2, 0.25) is 5.91 Å². The minimum Gasteiger partial charge on any atom is -0.352 e. The van der Waals surface area contributed by atoms with Crippen LogP contribution >= 0.6 is 28.1 Å². The van der Waals surface area contributed by atoms with Crippen LogP contribution in [0.1, 0.15) is 18.0 Å². The number of anilines is 1. The fraction of sp³-hybridized carbons (Fsp3) is 0.118. The molecule has 2 aromatic carbocycles. The van der Waals surface area contributed by atoms with Crippen molar-refractivity contribution in [3.63, 3.8) is 0 Å². The van der Waals surface area contributed by atoms with Gasteiger partial charge in [-0.3, -0.25) is 15.6 Å². The van der Waals surface area contributed by atoms with Gasteiger partial charge in [-0.2, -0.15) is 0 Å². The smallest absolute Gasteiger partial charge is 0.312 e. The van der Waals surface area contributed by atoms with Crippen LogP contribution in [0.25, 0.3) is 0 Å². The van der Waals surface area contributed by atoms with E-state index in [4.69, 9.17) is 18.0 Å². The Balaban J connectivity index is 1.92. The molecule has 10 heteroatoms. The third kappa shape index (κ3) is 6.83. The van der Waals surface area contributed by atoms with Crippen LogP contribution in [0.2, 0.25) is 0 Å². The lowest BCUT2D eigenvalue weighted by Crippen LogP contribution is -2.45. The fourth-order valence-electron chi connectivity index (χ4n) is 2.23. The van der Waals surface area contributed by atoms with E-state index in [1.807, 2.05) is 6.07 Å². The Labute approximate surface area is 169 Å². The van der Waals surface area contributed by atoms with E-state index in [-0.39, 0.29) is 17.2 Å². The van der Waals surface area contributed by atoms with E-state index in [9.17, 15) is 14.0 Å². The second kappa shape index (κ2) is 9.83. The van der Waals surface area contributed by atoms with Crippen LogP contribution in [0.15, 0.2) is 53.0 Å². The molecule has 3 amide bonds. The number of thiocarbonyl (C=S) groups is 1. The first-order valence-corrected chi connectivity index (χ1v) is 8.97. The summed E-state index contributed by atoms with van der Waals surface area (Å²) in [6.45, 7) is 0. The summed E-state index contributed by atoms with van der Waals surface area (Å²) in [7, 11) is 0. The monoisotopic (exact) mass is 453 g/mol. The molecular formula is C17H17BrFN5O2S. The van der Waals surface area contributed by atoms with Crippen molar-refractivity contribution in [3.8, 4) is 0 Å². The third-order valence-electron chi connectivity index (χ3n) is 3.39. The highest BCUT2D eigenvalue weighted by atomic mass is 79.9. The highest BCUT2D eigenvalue weighted by Crippen LogP contribution is 2.20. The van der Waals surface area contributed by atoms with Gasteiger partial charge in [0.05, 0.1) is 18.2 Å². The van der Waals surface area contributed by atoms with Gasteiger partial charge in [0.1, 0.15) is 5.82 Å². The van der Waals surface area contributed by atoms with Crippen LogP contribution < -0.4 is 27.2 Å². The Morgan fingerprint density at radius 3 is 2.56 bits per heavy atom. The molecule has 0 saturated carbocycles. The Morgan fingerprint density at radius 2 is 1.89 bits per heavy atom. The van der Waals surface area contributed by atoms with Crippen molar-refractivity contribution in [2.75, 3.05) is 5.32 Å². The second-order valence-electron chi connectivity index (χ2n) is 5.43. The van der Waals surface area contributed by atoms with Gasteiger partial charge in [0.25, 0.3) is 0 Å². The topological polar surface area (TPSA) is 108 Å². The quantitative estimate of drug-likeness (QED) is 0.353. The lowest BCUT2D eigenvalue weighted by Gasteiger charge is -2.19. The first kappa shape index (κ1) is 20.6. The average Bonchev–Trinajstić information content (AvgIpc) is 2.61. The maximum Gasteiger partial charge on any atom is 0.312 e. The lowest BCUT2D eigenvalue weighted by atomic mass is 10.0. The zero-order valence-electron chi connectivity index (χ0n) is 14.0. The summed E-state index contributed by atoms with van der Waals surface area (Å²) in [6.07, 6.45) is -0.0886. The van der Waals surface area contributed by atoms with Crippen LogP contribution in [-0.2, 0) is 4.79 Å². The Morgan fingerprint density at radius 1 is 1.15 bits per heavy atom. The summed E-state index contributed by atoms with van der Waals surface area (Å²) in [5.41, 5.74) is 10.9. The maximum atomic E-state index is 13.6. The molecule has 7 nitrogen and oxygen atoms in total. The van der Waals surface area contributed by atoms with Crippen molar-refractivity contribution in [2.45, 2.75) is 12.5 Å². The molecule has 0 aliphatic carbocycles. The normalized spacial score (nSPS) is 11.2. The standard InChI is InChI=1S/C17H17BrFN5O2S/c18-11-5-3-4-10(8-11)14(21-16(20)26)9-15(25)23-24-17(27)22-13-7-2-1-6-12(13)19/h1-8,14H,9H2,(H,23,25)(H3,20,21,26)(H2,22,24,27). The van der Waals surface area contributed by atoms with Gasteiger partial charge in [0.15, 0.2) is 5.11 Å². The van der Waals surface area contributed by atoms with Crippen LogP contribution in [0.4, 0.5) is 14.9 Å². The molecule has 1 unspecified atom stereocenters. The summed E-state index contributed by atoms with van der Waals surface area (Å²) in [5.74, 6) is -0.931. The van der Waals surface area contributed by atoms with Crippen LogP contribution in [-0.4, -0.2) is 17.1 Å². The Hall–Kier alpha value is -2.72. The summed E-state index contributed by atoms with van der Waals surface area (Å²) in [4.78, 5) is 23.4. The van der Waals surface area contributed by atoms with Gasteiger partial charge in [-0.1, -0.05) is 40.2 Å². The third-order valence-corrected chi connectivity index (χ3v) is 4.09. The molecule has 0 aliphatic rings. The number of nitrogens with two attached hydrogens (primary N) is 1. The number of hydrogen-bond donors (Lipinski definition) is 5.